The smallest absolute Gasteiger partial charge is 0.248 e. The third-order valence-corrected chi connectivity index (χ3v) is 14.0. The van der Waals surface area contributed by atoms with Gasteiger partial charge in [0, 0.05) is 13.1 Å². The Morgan fingerprint density at radius 2 is 0.971 bits per heavy atom. The van der Waals surface area contributed by atoms with Crippen molar-refractivity contribution in [3.63, 3.8) is 0 Å². The summed E-state index contributed by atoms with van der Waals surface area (Å²) >= 11 is 0. The molecular formula is C54H76N8O8. The lowest BCUT2D eigenvalue weighted by molar-refractivity contribution is -0.145. The van der Waals surface area contributed by atoms with Crippen LogP contribution in [0, 0.1) is 23.7 Å². The fourth-order valence-electron chi connectivity index (χ4n) is 9.57. The first-order valence-electron chi connectivity index (χ1n) is 25.1. The lowest BCUT2D eigenvalue weighted by atomic mass is 9.87. The highest BCUT2D eigenvalue weighted by atomic mass is 16.5. The molecule has 380 valence electrons. The van der Waals surface area contributed by atoms with Crippen LogP contribution in [0.1, 0.15) is 127 Å². The molecule has 6 rings (SSSR count). The molecular weight excluding hydrogens is 889 g/mol. The Balaban J connectivity index is 0.000000261. The molecule has 4 aliphatic rings. The second-order valence-electron chi connectivity index (χ2n) is 18.6. The van der Waals surface area contributed by atoms with Crippen molar-refractivity contribution >= 4 is 35.4 Å². The zero-order chi connectivity index (χ0) is 50.7. The Kier molecular flexibility index (Phi) is 21.7. The van der Waals surface area contributed by atoms with E-state index in [9.17, 15) is 28.8 Å². The van der Waals surface area contributed by atoms with Gasteiger partial charge in [0.05, 0.1) is 36.4 Å². The van der Waals surface area contributed by atoms with Gasteiger partial charge < -0.3 is 51.2 Å². The van der Waals surface area contributed by atoms with Crippen LogP contribution in [-0.2, 0) is 51.1 Å². The third kappa shape index (κ3) is 14.6. The maximum atomic E-state index is 13.7. The molecule has 0 aromatic heterocycles. The minimum Gasteiger partial charge on any atom is -0.363 e. The number of rotatable bonds is 18. The molecule has 0 radical (unpaired) electrons. The summed E-state index contributed by atoms with van der Waals surface area (Å²) in [6, 6.07) is 12.4. The minimum absolute atomic E-state index is 0.0492. The molecule has 2 aliphatic heterocycles. The molecule has 2 fully saturated rings. The standard InChI is InChI=1S/2C27H38N4O4/c2*1-5-6-17-35-19(3)24(30-25(32)18(2)28-4)27(34)31-16-10-15-23(31)26(33)29-22-14-9-12-20-11-7-8-13-21(20)22/h2*7-8,11,13,18-19,22-24,28H,9-10,12,14-17H2,1-4H3,(H,29,33)(H,30,32)/t2*18-,19+,22+,23-,24-/m00/s1. The van der Waals surface area contributed by atoms with E-state index in [2.05, 4.69) is 79.8 Å². The SMILES string of the molecule is CC#CCO[C@H](C)[C@H](NC(=O)[C@H](C)NC)C(=O)N1CCC[C@H]1C(=O)N[C@@H]1CCCc2ccccc21.CC#CCO[C@H](C)[C@H](NC(=O)[C@H](C)NC)C(=O)N1CCC[C@H]1C(=O)N[C@@H]1CCCc2ccccc21. The van der Waals surface area contributed by atoms with Crippen LogP contribution in [-0.4, -0.2) is 134 Å². The number of benzene rings is 2. The lowest BCUT2D eigenvalue weighted by Crippen LogP contribution is -2.59. The number of aryl methyl sites for hydroxylation is 2. The fraction of sp³-hybridized carbons (Fsp3) is 0.593. The topological polar surface area (TPSA) is 200 Å². The number of ether oxygens (including phenoxy) is 2. The summed E-state index contributed by atoms with van der Waals surface area (Å²) in [6.07, 6.45) is 7.27. The molecule has 2 heterocycles. The quantitative estimate of drug-likeness (QED) is 0.121. The monoisotopic (exact) mass is 965 g/mol. The predicted octanol–water partition coefficient (Wildman–Crippen LogP) is 3.38. The zero-order valence-corrected chi connectivity index (χ0v) is 42.5. The van der Waals surface area contributed by atoms with Crippen molar-refractivity contribution in [1.82, 2.24) is 41.7 Å². The second-order valence-corrected chi connectivity index (χ2v) is 18.6. The molecule has 2 saturated heterocycles. The normalized spacial score (nSPS) is 21.7. The maximum absolute atomic E-state index is 13.7. The van der Waals surface area contributed by atoms with Crippen LogP contribution in [0.4, 0.5) is 0 Å². The average molecular weight is 965 g/mol. The van der Waals surface area contributed by atoms with Crippen molar-refractivity contribution in [2.24, 2.45) is 0 Å². The van der Waals surface area contributed by atoms with E-state index in [0.717, 1.165) is 62.5 Å². The number of hydrogen-bond donors (Lipinski definition) is 6. The van der Waals surface area contributed by atoms with Gasteiger partial charge in [-0.3, -0.25) is 28.8 Å². The van der Waals surface area contributed by atoms with Crippen LogP contribution in [0.3, 0.4) is 0 Å². The maximum Gasteiger partial charge on any atom is 0.248 e. The van der Waals surface area contributed by atoms with Crippen molar-refractivity contribution in [3.05, 3.63) is 70.8 Å². The largest absolute Gasteiger partial charge is 0.363 e. The van der Waals surface area contributed by atoms with E-state index >= 15 is 0 Å². The second kappa shape index (κ2) is 27.6. The molecule has 2 aromatic carbocycles. The average Bonchev–Trinajstić information content (AvgIpc) is 4.08. The Morgan fingerprint density at radius 3 is 1.34 bits per heavy atom. The molecule has 2 aliphatic carbocycles. The molecule has 0 spiro atoms. The van der Waals surface area contributed by atoms with Gasteiger partial charge in [0.2, 0.25) is 35.4 Å². The number of likely N-dealkylation sites (N-methyl/N-ethyl adjacent to an activating group) is 2. The summed E-state index contributed by atoms with van der Waals surface area (Å²) in [7, 11) is 3.37. The summed E-state index contributed by atoms with van der Waals surface area (Å²) in [5.74, 6) is 9.67. The first kappa shape index (κ1) is 55.2. The van der Waals surface area contributed by atoms with Gasteiger partial charge in [0.25, 0.3) is 0 Å². The predicted molar refractivity (Wildman–Crippen MR) is 269 cm³/mol. The van der Waals surface area contributed by atoms with Gasteiger partial charge >= 0.3 is 0 Å². The van der Waals surface area contributed by atoms with E-state index in [-0.39, 0.29) is 60.7 Å². The molecule has 16 heteroatoms. The summed E-state index contributed by atoms with van der Waals surface area (Å²) < 4.78 is 11.5. The third-order valence-electron chi connectivity index (χ3n) is 14.0. The number of fused-ring (bicyclic) bond motifs is 2. The number of carbonyl (C=O) groups excluding carboxylic acids is 6. The number of nitrogens with zero attached hydrogens (tertiary/aromatic N) is 2. The summed E-state index contributed by atoms with van der Waals surface area (Å²) in [5.41, 5.74) is 4.86. The van der Waals surface area contributed by atoms with Crippen molar-refractivity contribution in [2.75, 3.05) is 40.4 Å². The van der Waals surface area contributed by atoms with E-state index in [1.165, 1.54) is 11.1 Å². The van der Waals surface area contributed by atoms with Crippen LogP contribution >= 0.6 is 0 Å². The first-order chi connectivity index (χ1) is 33.7. The van der Waals surface area contributed by atoms with Crippen molar-refractivity contribution in [2.45, 2.75) is 166 Å². The highest BCUT2D eigenvalue weighted by Gasteiger charge is 2.42. The molecule has 16 nitrogen and oxygen atoms in total. The van der Waals surface area contributed by atoms with E-state index in [0.29, 0.717) is 25.9 Å². The lowest BCUT2D eigenvalue weighted by Gasteiger charge is -2.33. The van der Waals surface area contributed by atoms with Gasteiger partial charge in [-0.05, 0) is 142 Å². The van der Waals surface area contributed by atoms with Gasteiger partial charge in [0.1, 0.15) is 37.4 Å². The Morgan fingerprint density at radius 1 is 0.586 bits per heavy atom. The summed E-state index contributed by atoms with van der Waals surface area (Å²) in [6.45, 7) is 11.6. The first-order valence-corrected chi connectivity index (χ1v) is 25.1. The van der Waals surface area contributed by atoms with Gasteiger partial charge in [-0.1, -0.05) is 60.4 Å². The van der Waals surface area contributed by atoms with Crippen LogP contribution in [0.15, 0.2) is 48.5 Å². The molecule has 0 bridgehead atoms. The molecule has 10 atom stereocenters. The molecule has 0 saturated carbocycles. The summed E-state index contributed by atoms with van der Waals surface area (Å²) in [5, 5.41) is 17.8. The Hall–Kier alpha value is -5.78. The van der Waals surface area contributed by atoms with Crippen molar-refractivity contribution < 1.29 is 38.2 Å². The van der Waals surface area contributed by atoms with E-state index in [4.69, 9.17) is 9.47 Å². The van der Waals surface area contributed by atoms with Crippen LogP contribution in [0.5, 0.6) is 0 Å². The fourth-order valence-corrected chi connectivity index (χ4v) is 9.57. The van der Waals surface area contributed by atoms with Crippen molar-refractivity contribution in [3.8, 4) is 23.7 Å². The number of carbonyl (C=O) groups is 6. The summed E-state index contributed by atoms with van der Waals surface area (Å²) in [4.78, 5) is 82.5. The minimum atomic E-state index is -0.916. The van der Waals surface area contributed by atoms with Gasteiger partial charge in [0.15, 0.2) is 0 Å². The van der Waals surface area contributed by atoms with Gasteiger partial charge in [-0.2, -0.15) is 0 Å². The molecule has 2 aromatic rings. The number of nitrogens with one attached hydrogen (secondary N) is 6. The highest BCUT2D eigenvalue weighted by molar-refractivity contribution is 5.95. The van der Waals surface area contributed by atoms with Crippen LogP contribution in [0.25, 0.3) is 0 Å². The molecule has 6 amide bonds. The number of likely N-dealkylation sites (tertiary alicyclic amines) is 2. The van der Waals surface area contributed by atoms with E-state index in [1.807, 2.05) is 24.3 Å². The Bertz CT molecular complexity index is 2090. The molecule has 0 unspecified atom stereocenters. The van der Waals surface area contributed by atoms with E-state index < -0.39 is 48.5 Å². The highest BCUT2D eigenvalue weighted by Crippen LogP contribution is 2.32. The van der Waals surface area contributed by atoms with Crippen LogP contribution in [0.2, 0.25) is 0 Å². The van der Waals surface area contributed by atoms with Crippen molar-refractivity contribution in [1.29, 1.82) is 0 Å². The van der Waals surface area contributed by atoms with Gasteiger partial charge in [-0.15, -0.1) is 11.8 Å². The number of hydrogen-bond acceptors (Lipinski definition) is 10. The number of amides is 6. The zero-order valence-electron chi connectivity index (χ0n) is 42.5. The molecule has 70 heavy (non-hydrogen) atoms. The van der Waals surface area contributed by atoms with Gasteiger partial charge in [-0.25, -0.2) is 0 Å². The molecule has 6 N–H and O–H groups in total. The Labute approximate surface area is 415 Å². The van der Waals surface area contributed by atoms with Crippen LogP contribution < -0.4 is 31.9 Å². The van der Waals surface area contributed by atoms with E-state index in [1.54, 1.807) is 65.4 Å².